The minimum absolute atomic E-state index is 0.0762. The predicted molar refractivity (Wildman–Crippen MR) is 115 cm³/mol. The molecule has 146 valence electrons. The lowest BCUT2D eigenvalue weighted by Gasteiger charge is -2.17. The summed E-state index contributed by atoms with van der Waals surface area (Å²) >= 11 is 6.09. The number of hydrogen-bond acceptors (Lipinski definition) is 3. The van der Waals surface area contributed by atoms with Gasteiger partial charge in [0.05, 0.1) is 29.5 Å². The first-order valence-electron chi connectivity index (χ1n) is 9.37. The molecule has 6 heteroatoms. The number of benzene rings is 2. The minimum atomic E-state index is -0.0762. The van der Waals surface area contributed by atoms with Crippen LogP contribution in [0.25, 0.3) is 10.9 Å². The standard InChI is InChI=1S/C23H21ClN4O/c1-16-21(11-19-10-20(24)8-9-22(19)26-16)23(29)27(2)13-18-12-25-28(15-18)14-17-6-4-3-5-7-17/h3-12,15H,13-14H2,1-2H3. The lowest BCUT2D eigenvalue weighted by atomic mass is 10.1. The molecular weight excluding hydrogens is 384 g/mol. The van der Waals surface area contributed by atoms with Gasteiger partial charge in [-0.15, -0.1) is 0 Å². The molecule has 0 unspecified atom stereocenters. The number of carbonyl (C=O) groups excluding carboxylic acids is 1. The molecule has 0 N–H and O–H groups in total. The highest BCUT2D eigenvalue weighted by Gasteiger charge is 2.17. The Hall–Kier alpha value is -3.18. The summed E-state index contributed by atoms with van der Waals surface area (Å²) in [5, 5.41) is 5.90. The smallest absolute Gasteiger partial charge is 0.255 e. The van der Waals surface area contributed by atoms with E-state index in [1.165, 1.54) is 5.56 Å². The van der Waals surface area contributed by atoms with Crippen molar-refractivity contribution in [1.29, 1.82) is 0 Å². The first kappa shape index (κ1) is 19.2. The zero-order chi connectivity index (χ0) is 20.4. The van der Waals surface area contributed by atoms with Gasteiger partial charge in [-0.3, -0.25) is 14.5 Å². The van der Waals surface area contributed by atoms with Crippen LogP contribution < -0.4 is 0 Å². The van der Waals surface area contributed by atoms with E-state index in [1.807, 2.05) is 54.2 Å². The Bertz CT molecular complexity index is 1170. The van der Waals surface area contributed by atoms with E-state index in [9.17, 15) is 4.79 Å². The first-order valence-corrected chi connectivity index (χ1v) is 9.75. The Kier molecular flexibility index (Phi) is 5.32. The topological polar surface area (TPSA) is 51.0 Å². The SMILES string of the molecule is Cc1nc2ccc(Cl)cc2cc1C(=O)N(C)Cc1cnn(Cc2ccccc2)c1. The van der Waals surface area contributed by atoms with Crippen molar-refractivity contribution < 1.29 is 4.79 Å². The zero-order valence-electron chi connectivity index (χ0n) is 16.3. The van der Waals surface area contributed by atoms with Gasteiger partial charge in [0, 0.05) is 35.8 Å². The fourth-order valence-electron chi connectivity index (χ4n) is 3.36. The fourth-order valence-corrected chi connectivity index (χ4v) is 3.54. The van der Waals surface area contributed by atoms with Crippen molar-refractivity contribution in [3.05, 3.63) is 94.4 Å². The van der Waals surface area contributed by atoms with E-state index in [0.29, 0.717) is 29.4 Å². The molecule has 0 bridgehead atoms. The summed E-state index contributed by atoms with van der Waals surface area (Å²) in [7, 11) is 1.79. The molecule has 2 aromatic heterocycles. The molecule has 0 saturated carbocycles. The number of aromatic nitrogens is 3. The summed E-state index contributed by atoms with van der Waals surface area (Å²) in [6, 6.07) is 17.5. The van der Waals surface area contributed by atoms with E-state index >= 15 is 0 Å². The number of rotatable bonds is 5. The number of aryl methyl sites for hydroxylation is 1. The van der Waals surface area contributed by atoms with Crippen LogP contribution in [0.3, 0.4) is 0 Å². The number of pyridine rings is 1. The third-order valence-electron chi connectivity index (χ3n) is 4.84. The molecule has 0 aliphatic rings. The molecule has 0 aliphatic heterocycles. The average molecular weight is 405 g/mol. The maximum atomic E-state index is 13.0. The van der Waals surface area contributed by atoms with Gasteiger partial charge in [0.1, 0.15) is 0 Å². The normalized spacial score (nSPS) is 11.0. The number of halogens is 1. The summed E-state index contributed by atoms with van der Waals surface area (Å²) in [6.45, 7) is 3.03. The maximum Gasteiger partial charge on any atom is 0.255 e. The second kappa shape index (κ2) is 8.05. The molecule has 2 aromatic carbocycles. The highest BCUT2D eigenvalue weighted by atomic mass is 35.5. The third kappa shape index (κ3) is 4.30. The van der Waals surface area contributed by atoms with Gasteiger partial charge >= 0.3 is 0 Å². The molecule has 2 heterocycles. The van der Waals surface area contributed by atoms with Crippen molar-refractivity contribution in [3.63, 3.8) is 0 Å². The molecular formula is C23H21ClN4O. The second-order valence-corrected chi connectivity index (χ2v) is 7.59. The quantitative estimate of drug-likeness (QED) is 0.484. The predicted octanol–water partition coefficient (Wildman–Crippen LogP) is 4.71. The van der Waals surface area contributed by atoms with Gasteiger partial charge in [-0.2, -0.15) is 5.10 Å². The number of carbonyl (C=O) groups is 1. The van der Waals surface area contributed by atoms with Crippen molar-refractivity contribution in [2.24, 2.45) is 0 Å². The molecule has 4 rings (SSSR count). The van der Waals surface area contributed by atoms with Crippen molar-refractivity contribution in [2.75, 3.05) is 7.05 Å². The Morgan fingerprint density at radius 3 is 2.69 bits per heavy atom. The monoisotopic (exact) mass is 404 g/mol. The Morgan fingerprint density at radius 1 is 1.10 bits per heavy atom. The van der Waals surface area contributed by atoms with Gasteiger partial charge in [-0.05, 0) is 36.8 Å². The minimum Gasteiger partial charge on any atom is -0.337 e. The summed E-state index contributed by atoms with van der Waals surface area (Å²) in [5.41, 5.74) is 4.28. The van der Waals surface area contributed by atoms with E-state index in [1.54, 1.807) is 24.2 Å². The van der Waals surface area contributed by atoms with E-state index in [-0.39, 0.29) is 5.91 Å². The first-order chi connectivity index (χ1) is 14.0. The van der Waals surface area contributed by atoms with Gasteiger partial charge in [-0.25, -0.2) is 0 Å². The second-order valence-electron chi connectivity index (χ2n) is 7.15. The molecule has 0 saturated heterocycles. The van der Waals surface area contributed by atoms with Crippen LogP contribution in [0.1, 0.15) is 27.2 Å². The lowest BCUT2D eigenvalue weighted by molar-refractivity contribution is 0.0784. The van der Waals surface area contributed by atoms with Gasteiger partial charge in [-0.1, -0.05) is 41.9 Å². The van der Waals surface area contributed by atoms with Crippen molar-refractivity contribution in [3.8, 4) is 0 Å². The lowest BCUT2D eigenvalue weighted by Crippen LogP contribution is -2.27. The van der Waals surface area contributed by atoms with Crippen LogP contribution in [0.4, 0.5) is 0 Å². The van der Waals surface area contributed by atoms with Crippen LogP contribution in [0.15, 0.2) is 67.0 Å². The molecule has 0 atom stereocenters. The summed E-state index contributed by atoms with van der Waals surface area (Å²) < 4.78 is 1.88. The largest absolute Gasteiger partial charge is 0.337 e. The molecule has 0 radical (unpaired) electrons. The number of amides is 1. The number of fused-ring (bicyclic) bond motifs is 1. The van der Waals surface area contributed by atoms with Crippen molar-refractivity contribution in [2.45, 2.75) is 20.0 Å². The van der Waals surface area contributed by atoms with Crippen LogP contribution >= 0.6 is 11.6 Å². The Morgan fingerprint density at radius 2 is 1.90 bits per heavy atom. The Labute approximate surface area is 174 Å². The van der Waals surface area contributed by atoms with Gasteiger partial charge in [0.25, 0.3) is 5.91 Å². The Balaban J connectivity index is 1.50. The van der Waals surface area contributed by atoms with E-state index in [2.05, 4.69) is 22.2 Å². The van der Waals surface area contributed by atoms with Gasteiger partial charge in [0.2, 0.25) is 0 Å². The fraction of sp³-hybridized carbons (Fsp3) is 0.174. The van der Waals surface area contributed by atoms with Crippen molar-refractivity contribution in [1.82, 2.24) is 19.7 Å². The van der Waals surface area contributed by atoms with Crippen LogP contribution in [-0.4, -0.2) is 32.6 Å². The molecule has 5 nitrogen and oxygen atoms in total. The van der Waals surface area contributed by atoms with Crippen LogP contribution in [0, 0.1) is 6.92 Å². The molecule has 4 aromatic rings. The molecule has 0 fully saturated rings. The third-order valence-corrected chi connectivity index (χ3v) is 5.07. The van der Waals surface area contributed by atoms with Gasteiger partial charge in [0.15, 0.2) is 0 Å². The molecule has 29 heavy (non-hydrogen) atoms. The van der Waals surface area contributed by atoms with Crippen molar-refractivity contribution >= 4 is 28.4 Å². The van der Waals surface area contributed by atoms with E-state index in [4.69, 9.17) is 11.6 Å². The van der Waals surface area contributed by atoms with Gasteiger partial charge < -0.3 is 4.90 Å². The maximum absolute atomic E-state index is 13.0. The summed E-state index contributed by atoms with van der Waals surface area (Å²) in [4.78, 5) is 19.3. The highest BCUT2D eigenvalue weighted by molar-refractivity contribution is 6.31. The summed E-state index contributed by atoms with van der Waals surface area (Å²) in [5.74, 6) is -0.0762. The van der Waals surface area contributed by atoms with E-state index in [0.717, 1.165) is 16.5 Å². The number of hydrogen-bond donors (Lipinski definition) is 0. The molecule has 0 spiro atoms. The van der Waals surface area contributed by atoms with Crippen LogP contribution in [0.2, 0.25) is 5.02 Å². The zero-order valence-corrected chi connectivity index (χ0v) is 17.1. The van der Waals surface area contributed by atoms with E-state index < -0.39 is 0 Å². The van der Waals surface area contributed by atoms with Crippen LogP contribution in [-0.2, 0) is 13.1 Å². The molecule has 1 amide bonds. The molecule has 0 aliphatic carbocycles. The van der Waals surface area contributed by atoms with Crippen LogP contribution in [0.5, 0.6) is 0 Å². The summed E-state index contributed by atoms with van der Waals surface area (Å²) in [6.07, 6.45) is 3.78. The highest BCUT2D eigenvalue weighted by Crippen LogP contribution is 2.22. The average Bonchev–Trinajstić information content (AvgIpc) is 3.14. The number of nitrogens with zero attached hydrogens (tertiary/aromatic N) is 4.